The maximum Gasteiger partial charge on any atom is 0.573 e. The number of pyridine rings is 1. The molecular weight excluding hydrogens is 652 g/mol. The minimum absolute atomic E-state index is 0.0187. The van der Waals surface area contributed by atoms with E-state index in [4.69, 9.17) is 21.3 Å². The van der Waals surface area contributed by atoms with Crippen molar-refractivity contribution in [1.29, 1.82) is 0 Å². The van der Waals surface area contributed by atoms with Crippen LogP contribution in [0.5, 0.6) is 11.5 Å². The Kier molecular flexibility index (Phi) is 9.36. The monoisotopic (exact) mass is 681 g/mol. The quantitative estimate of drug-likeness (QED) is 0.136. The number of alkyl halides is 6. The number of imidazole rings is 1. The highest BCUT2D eigenvalue weighted by atomic mass is 35.5. The normalized spacial score (nSPS) is 16.6. The number of allylic oxidation sites excluding steroid dienone is 1. The second-order valence-electron chi connectivity index (χ2n) is 12.0. The predicted molar refractivity (Wildman–Crippen MR) is 164 cm³/mol. The summed E-state index contributed by atoms with van der Waals surface area (Å²) in [7, 11) is 0. The molecule has 0 spiro atoms. The number of nitrogens with one attached hydrogen (secondary N) is 2. The van der Waals surface area contributed by atoms with Gasteiger partial charge in [0.1, 0.15) is 11.5 Å². The Bertz CT molecular complexity index is 1790. The Labute approximate surface area is 270 Å². The number of carbonyl (C=O) groups is 1. The van der Waals surface area contributed by atoms with Gasteiger partial charge in [-0.05, 0) is 67.1 Å². The summed E-state index contributed by atoms with van der Waals surface area (Å²) in [6.07, 6.45) is -6.36. The molecule has 1 saturated carbocycles. The van der Waals surface area contributed by atoms with Crippen LogP contribution >= 0.6 is 11.6 Å². The van der Waals surface area contributed by atoms with E-state index in [9.17, 15) is 31.1 Å². The average Bonchev–Trinajstić information content (AvgIpc) is 3.31. The molecule has 1 fully saturated rings. The van der Waals surface area contributed by atoms with Crippen molar-refractivity contribution in [3.63, 3.8) is 0 Å². The molecule has 1 atom stereocenters. The molecule has 8 nitrogen and oxygen atoms in total. The van der Waals surface area contributed by atoms with Crippen molar-refractivity contribution in [1.82, 2.24) is 19.9 Å². The van der Waals surface area contributed by atoms with Gasteiger partial charge in [-0.25, -0.2) is 4.98 Å². The molecule has 1 aliphatic rings. The molecule has 250 valence electrons. The van der Waals surface area contributed by atoms with Crippen molar-refractivity contribution in [3.05, 3.63) is 83.2 Å². The number of amides is 1. The largest absolute Gasteiger partial charge is 0.573 e. The highest BCUT2D eigenvalue weighted by Gasteiger charge is 2.34. The molecule has 2 aromatic heterocycles. The summed E-state index contributed by atoms with van der Waals surface area (Å²) in [5, 5.41) is 5.49. The Morgan fingerprint density at radius 2 is 1.79 bits per heavy atom. The number of benzene rings is 2. The predicted octanol–water partition coefficient (Wildman–Crippen LogP) is 8.75. The molecule has 0 saturated heterocycles. The number of carbonyl (C=O) groups excluding carboxylic acids is 1. The summed E-state index contributed by atoms with van der Waals surface area (Å²) in [5.41, 5.74) is 1.92. The van der Waals surface area contributed by atoms with E-state index in [2.05, 4.69) is 40.8 Å². The van der Waals surface area contributed by atoms with Crippen LogP contribution in [-0.2, 0) is 17.5 Å². The molecule has 2 heterocycles. The number of halogens is 7. The molecule has 47 heavy (non-hydrogen) atoms. The van der Waals surface area contributed by atoms with Gasteiger partial charge in [0.25, 0.3) is 5.91 Å². The van der Waals surface area contributed by atoms with Crippen LogP contribution in [0, 0.1) is 5.41 Å². The lowest BCUT2D eigenvalue weighted by Gasteiger charge is -2.38. The first-order valence-electron chi connectivity index (χ1n) is 14.4. The van der Waals surface area contributed by atoms with E-state index in [1.165, 1.54) is 24.3 Å². The lowest BCUT2D eigenvalue weighted by atomic mass is 9.73. The topological polar surface area (TPSA) is 90.3 Å². The van der Waals surface area contributed by atoms with Crippen LogP contribution < -0.4 is 20.1 Å². The fourth-order valence-electron chi connectivity index (χ4n) is 5.68. The van der Waals surface area contributed by atoms with Crippen molar-refractivity contribution in [2.75, 3.05) is 11.9 Å². The molecule has 4 aromatic rings. The van der Waals surface area contributed by atoms with E-state index in [0.29, 0.717) is 35.5 Å². The van der Waals surface area contributed by atoms with Crippen LogP contribution in [-0.4, -0.2) is 33.4 Å². The number of hydrogen-bond donors (Lipinski definition) is 2. The number of hydrogen-bond acceptors (Lipinski definition) is 6. The van der Waals surface area contributed by atoms with Gasteiger partial charge in [0, 0.05) is 24.0 Å². The Balaban J connectivity index is 1.33. The van der Waals surface area contributed by atoms with Crippen molar-refractivity contribution >= 4 is 40.2 Å². The Morgan fingerprint density at radius 3 is 2.43 bits per heavy atom. The third-order valence-corrected chi connectivity index (χ3v) is 7.81. The molecule has 2 aromatic carbocycles. The van der Waals surface area contributed by atoms with Crippen molar-refractivity contribution in [2.24, 2.45) is 5.41 Å². The van der Waals surface area contributed by atoms with Crippen LogP contribution in [0.1, 0.15) is 50.4 Å². The van der Waals surface area contributed by atoms with E-state index in [1.807, 2.05) is 4.57 Å². The molecular formula is C32H30ClF6N5O3. The third kappa shape index (κ3) is 8.67. The molecule has 0 aliphatic heterocycles. The molecule has 15 heteroatoms. The SMILES string of the molecule is C=C1C[C@H](n2c(Nc3ccc(OC(F)(F)F)cc3)nc3cc(OCC(=O)NCc4ncc(C(F)(F)F)cc4Cl)ccc32)CC(C)(C)C1. The summed E-state index contributed by atoms with van der Waals surface area (Å²) in [5.74, 6) is -0.129. The van der Waals surface area contributed by atoms with Gasteiger partial charge >= 0.3 is 12.5 Å². The van der Waals surface area contributed by atoms with Gasteiger partial charge in [0.05, 0.1) is 33.9 Å². The van der Waals surface area contributed by atoms with Crippen LogP contribution in [0.25, 0.3) is 11.0 Å². The van der Waals surface area contributed by atoms with E-state index >= 15 is 0 Å². The highest BCUT2D eigenvalue weighted by Crippen LogP contribution is 2.45. The first kappa shape index (κ1) is 33.9. The van der Waals surface area contributed by atoms with Gasteiger partial charge in [-0.1, -0.05) is 37.6 Å². The number of aromatic nitrogens is 3. The molecule has 0 radical (unpaired) electrons. The van der Waals surface area contributed by atoms with Crippen molar-refractivity contribution in [2.45, 2.75) is 58.2 Å². The molecule has 0 unspecified atom stereocenters. The number of fused-ring (bicyclic) bond motifs is 1. The minimum Gasteiger partial charge on any atom is -0.484 e. The second-order valence-corrected chi connectivity index (χ2v) is 12.4. The van der Waals surface area contributed by atoms with Crippen LogP contribution in [0.2, 0.25) is 5.02 Å². The molecule has 0 bridgehead atoms. The van der Waals surface area contributed by atoms with E-state index in [-0.39, 0.29) is 34.5 Å². The Hall–Kier alpha value is -4.46. The smallest absolute Gasteiger partial charge is 0.484 e. The number of anilines is 2. The minimum atomic E-state index is -4.81. The first-order chi connectivity index (χ1) is 22.0. The summed E-state index contributed by atoms with van der Waals surface area (Å²) in [6.45, 7) is 7.95. The van der Waals surface area contributed by atoms with Gasteiger partial charge < -0.3 is 24.7 Å². The van der Waals surface area contributed by atoms with E-state index < -0.39 is 30.6 Å². The van der Waals surface area contributed by atoms with Gasteiger partial charge in [-0.3, -0.25) is 9.78 Å². The second kappa shape index (κ2) is 13.0. The van der Waals surface area contributed by atoms with Crippen LogP contribution in [0.15, 0.2) is 66.9 Å². The average molecular weight is 682 g/mol. The van der Waals surface area contributed by atoms with Gasteiger partial charge in [0.15, 0.2) is 6.61 Å². The zero-order valence-corrected chi connectivity index (χ0v) is 26.0. The maximum atomic E-state index is 12.9. The molecule has 1 amide bonds. The van der Waals surface area contributed by atoms with Crippen LogP contribution in [0.3, 0.4) is 0 Å². The lowest BCUT2D eigenvalue weighted by molar-refractivity contribution is -0.274. The number of nitrogens with zero attached hydrogens (tertiary/aromatic N) is 3. The summed E-state index contributed by atoms with van der Waals surface area (Å²) < 4.78 is 88.2. The first-order valence-corrected chi connectivity index (χ1v) is 14.8. The summed E-state index contributed by atoms with van der Waals surface area (Å²) in [6, 6.07) is 11.2. The van der Waals surface area contributed by atoms with Crippen LogP contribution in [0.4, 0.5) is 38.0 Å². The number of rotatable bonds is 9. The van der Waals surface area contributed by atoms with Gasteiger partial charge in [0.2, 0.25) is 5.95 Å². The van der Waals surface area contributed by atoms with E-state index in [1.54, 1.807) is 18.2 Å². The standard InChI is InChI=1S/C32H30ClF6N5O3/c1-18-10-21(14-30(2,3)13-18)44-27-9-8-23(46-17-28(45)41-16-26-24(33)11-19(15-40-26)31(34,35)36)12-25(27)43-29(44)42-20-4-6-22(7-5-20)47-32(37,38)39/h4-9,11-12,15,21H,1,10,13-14,16-17H2,2-3H3,(H,41,45)(H,42,43)/t21-/m0/s1. The number of ether oxygens (including phenoxy) is 2. The highest BCUT2D eigenvalue weighted by molar-refractivity contribution is 6.31. The van der Waals surface area contributed by atoms with Crippen molar-refractivity contribution in [3.8, 4) is 11.5 Å². The van der Waals surface area contributed by atoms with Gasteiger partial charge in [-0.15, -0.1) is 13.2 Å². The molecule has 1 aliphatic carbocycles. The Morgan fingerprint density at radius 1 is 1.09 bits per heavy atom. The van der Waals surface area contributed by atoms with E-state index in [0.717, 1.165) is 30.0 Å². The van der Waals surface area contributed by atoms with Gasteiger partial charge in [-0.2, -0.15) is 13.2 Å². The zero-order valence-electron chi connectivity index (χ0n) is 25.2. The maximum absolute atomic E-state index is 12.9. The fourth-order valence-corrected chi connectivity index (χ4v) is 5.91. The lowest BCUT2D eigenvalue weighted by Crippen LogP contribution is -2.29. The molecule has 5 rings (SSSR count). The summed E-state index contributed by atoms with van der Waals surface area (Å²) >= 11 is 5.91. The summed E-state index contributed by atoms with van der Waals surface area (Å²) in [4.78, 5) is 20.9. The van der Waals surface area contributed by atoms with Crippen molar-refractivity contribution < 1.29 is 40.6 Å². The fraction of sp³-hybridized carbons (Fsp3) is 0.344. The molecule has 2 N–H and O–H groups in total. The zero-order chi connectivity index (χ0) is 34.1. The third-order valence-electron chi connectivity index (χ3n) is 7.48.